The van der Waals surface area contributed by atoms with Crippen LogP contribution >= 0.6 is 0 Å². The molecule has 0 unspecified atom stereocenters. The van der Waals surface area contributed by atoms with Gasteiger partial charge in [-0.2, -0.15) is 5.10 Å². The lowest BCUT2D eigenvalue weighted by Crippen LogP contribution is -2.54. The van der Waals surface area contributed by atoms with Crippen molar-refractivity contribution in [3.05, 3.63) is 52.8 Å². The van der Waals surface area contributed by atoms with Crippen LogP contribution in [0, 0.1) is 17.8 Å². The number of benzene rings is 1. The number of aromatic nitrogens is 2. The van der Waals surface area contributed by atoms with Gasteiger partial charge in [0.2, 0.25) is 5.91 Å². The Labute approximate surface area is 165 Å². The molecule has 5 heteroatoms. The molecule has 1 aliphatic heterocycles. The van der Waals surface area contributed by atoms with Crippen LogP contribution in [0.2, 0.25) is 0 Å². The molecular formula is C23H27N3O2. The van der Waals surface area contributed by atoms with E-state index in [1.165, 1.54) is 12.8 Å². The molecule has 2 aliphatic carbocycles. The zero-order chi connectivity index (χ0) is 19.1. The van der Waals surface area contributed by atoms with Gasteiger partial charge in [-0.15, -0.1) is 0 Å². The van der Waals surface area contributed by atoms with Crippen LogP contribution in [0.5, 0.6) is 0 Å². The van der Waals surface area contributed by atoms with E-state index in [0.29, 0.717) is 17.7 Å². The quantitative estimate of drug-likeness (QED) is 0.822. The van der Waals surface area contributed by atoms with Gasteiger partial charge in [0.25, 0.3) is 5.56 Å². The lowest BCUT2D eigenvalue weighted by molar-refractivity contribution is -0.143. The summed E-state index contributed by atoms with van der Waals surface area (Å²) in [4.78, 5) is 27.6. The summed E-state index contributed by atoms with van der Waals surface area (Å²) in [5.74, 6) is 1.25. The van der Waals surface area contributed by atoms with Crippen LogP contribution < -0.4 is 5.56 Å². The maximum absolute atomic E-state index is 12.8. The van der Waals surface area contributed by atoms with Crippen molar-refractivity contribution in [1.82, 2.24) is 14.7 Å². The number of nitrogens with zero attached hydrogens (tertiary/aromatic N) is 3. The van der Waals surface area contributed by atoms with Gasteiger partial charge in [-0.05, 0) is 43.6 Å². The number of carbonyl (C=O) groups excluding carboxylic acids is 1. The summed E-state index contributed by atoms with van der Waals surface area (Å²) in [5.41, 5.74) is 1.84. The first-order valence-corrected chi connectivity index (χ1v) is 10.6. The molecule has 3 aliphatic rings. The minimum Gasteiger partial charge on any atom is -0.342 e. The molecule has 1 aromatic heterocycles. The maximum Gasteiger partial charge on any atom is 0.267 e. The smallest absolute Gasteiger partial charge is 0.267 e. The van der Waals surface area contributed by atoms with Gasteiger partial charge in [0, 0.05) is 30.6 Å². The molecule has 28 heavy (non-hydrogen) atoms. The van der Waals surface area contributed by atoms with Crippen molar-refractivity contribution in [2.75, 3.05) is 13.1 Å². The molecule has 2 atom stereocenters. The highest BCUT2D eigenvalue weighted by molar-refractivity contribution is 5.79. The predicted octanol–water partition coefficient (Wildman–Crippen LogP) is 3.51. The van der Waals surface area contributed by atoms with Crippen molar-refractivity contribution in [2.45, 2.75) is 44.6 Å². The zero-order valence-electron chi connectivity index (χ0n) is 16.2. The lowest BCUT2D eigenvalue weighted by atomic mass is 9.72. The van der Waals surface area contributed by atoms with Crippen molar-refractivity contribution in [3.63, 3.8) is 0 Å². The van der Waals surface area contributed by atoms with E-state index in [9.17, 15) is 9.59 Å². The Morgan fingerprint density at radius 2 is 1.57 bits per heavy atom. The fraction of sp³-hybridized carbons (Fsp3) is 0.522. The Morgan fingerprint density at radius 3 is 2.21 bits per heavy atom. The Hall–Kier alpha value is -2.43. The topological polar surface area (TPSA) is 55.2 Å². The monoisotopic (exact) mass is 377 g/mol. The van der Waals surface area contributed by atoms with E-state index in [0.717, 1.165) is 50.0 Å². The van der Waals surface area contributed by atoms with Crippen molar-refractivity contribution in [3.8, 4) is 11.3 Å². The first kappa shape index (κ1) is 17.7. The summed E-state index contributed by atoms with van der Waals surface area (Å²) in [5, 5.41) is 4.78. The molecule has 1 amide bonds. The second-order valence-corrected chi connectivity index (χ2v) is 8.68. The number of amides is 1. The number of hydrogen-bond acceptors (Lipinski definition) is 3. The third-order valence-electron chi connectivity index (χ3n) is 6.97. The van der Waals surface area contributed by atoms with E-state index >= 15 is 0 Å². The molecule has 2 saturated carbocycles. The van der Waals surface area contributed by atoms with Gasteiger partial charge in [-0.1, -0.05) is 43.2 Å². The largest absolute Gasteiger partial charge is 0.342 e. The van der Waals surface area contributed by atoms with Gasteiger partial charge in [0.1, 0.15) is 0 Å². The first-order valence-electron chi connectivity index (χ1n) is 10.6. The van der Waals surface area contributed by atoms with Gasteiger partial charge in [-0.3, -0.25) is 9.59 Å². The number of fused-ring (bicyclic) bond motifs is 2. The van der Waals surface area contributed by atoms with Gasteiger partial charge in [-0.25, -0.2) is 4.68 Å². The molecule has 3 fully saturated rings. The van der Waals surface area contributed by atoms with Crippen molar-refractivity contribution < 1.29 is 4.79 Å². The zero-order valence-corrected chi connectivity index (χ0v) is 16.2. The van der Waals surface area contributed by atoms with Crippen molar-refractivity contribution in [2.24, 2.45) is 17.8 Å². The molecule has 2 bridgehead atoms. The minimum atomic E-state index is -0.0275. The second kappa shape index (κ2) is 7.19. The highest BCUT2D eigenvalue weighted by Crippen LogP contribution is 2.43. The summed E-state index contributed by atoms with van der Waals surface area (Å²) in [7, 11) is 0. The average Bonchev–Trinajstić information content (AvgIpc) is 2.67. The van der Waals surface area contributed by atoms with E-state index in [1.54, 1.807) is 10.7 Å². The molecule has 0 spiro atoms. The standard InChI is InChI=1S/C23H27N3O2/c27-21-13-12-20(16-6-2-1-3-7-16)24-26(21)22-18-10-5-11-19(22)15-25(14-18)23(28)17-8-4-9-17/h1-3,6-7,12-13,17-19,22H,4-5,8-11,14-15H2/t18-,19-/m1/s1. The number of likely N-dealkylation sites (tertiary alicyclic amines) is 1. The second-order valence-electron chi connectivity index (χ2n) is 8.68. The van der Waals surface area contributed by atoms with Crippen LogP contribution in [0.15, 0.2) is 47.3 Å². The van der Waals surface area contributed by atoms with Crippen LogP contribution in [-0.2, 0) is 4.79 Å². The van der Waals surface area contributed by atoms with Gasteiger partial charge >= 0.3 is 0 Å². The molecule has 1 aromatic carbocycles. The average molecular weight is 377 g/mol. The van der Waals surface area contributed by atoms with Crippen LogP contribution in [0.25, 0.3) is 11.3 Å². The van der Waals surface area contributed by atoms with E-state index in [-0.39, 0.29) is 17.5 Å². The van der Waals surface area contributed by atoms with Crippen molar-refractivity contribution in [1.29, 1.82) is 0 Å². The molecule has 5 nitrogen and oxygen atoms in total. The summed E-state index contributed by atoms with van der Waals surface area (Å²) in [6, 6.07) is 13.6. The molecule has 2 aromatic rings. The van der Waals surface area contributed by atoms with Crippen LogP contribution in [-0.4, -0.2) is 33.7 Å². The minimum absolute atomic E-state index is 0.0275. The summed E-state index contributed by atoms with van der Waals surface area (Å²) >= 11 is 0. The van der Waals surface area contributed by atoms with E-state index in [4.69, 9.17) is 5.10 Å². The fourth-order valence-corrected chi connectivity index (χ4v) is 5.30. The molecular weight excluding hydrogens is 350 g/mol. The summed E-state index contributed by atoms with van der Waals surface area (Å²) < 4.78 is 1.74. The third kappa shape index (κ3) is 3.07. The highest BCUT2D eigenvalue weighted by Gasteiger charge is 2.44. The highest BCUT2D eigenvalue weighted by atomic mass is 16.2. The van der Waals surface area contributed by atoms with Crippen LogP contribution in [0.4, 0.5) is 0 Å². The molecule has 5 rings (SSSR count). The van der Waals surface area contributed by atoms with Crippen LogP contribution in [0.3, 0.4) is 0 Å². The van der Waals surface area contributed by atoms with Gasteiger partial charge in [0.05, 0.1) is 11.7 Å². The Morgan fingerprint density at radius 1 is 0.893 bits per heavy atom. The van der Waals surface area contributed by atoms with E-state index in [2.05, 4.69) is 4.90 Å². The lowest BCUT2D eigenvalue weighted by Gasteiger charge is -2.48. The number of rotatable bonds is 3. The van der Waals surface area contributed by atoms with Gasteiger partial charge in [0.15, 0.2) is 0 Å². The Balaban J connectivity index is 1.45. The molecule has 2 heterocycles. The SMILES string of the molecule is O=C(C1CCC1)N1C[C@H]2CCC[C@H](C1)C2n1nc(-c2ccccc2)ccc1=O. The van der Waals surface area contributed by atoms with E-state index < -0.39 is 0 Å². The maximum atomic E-state index is 12.8. The predicted molar refractivity (Wildman–Crippen MR) is 108 cm³/mol. The Kier molecular flexibility index (Phi) is 4.53. The Bertz CT molecular complexity index is 905. The number of hydrogen-bond donors (Lipinski definition) is 0. The first-order chi connectivity index (χ1) is 13.7. The fourth-order valence-electron chi connectivity index (χ4n) is 5.30. The normalized spacial score (nSPS) is 27.3. The van der Waals surface area contributed by atoms with E-state index in [1.807, 2.05) is 36.4 Å². The summed E-state index contributed by atoms with van der Waals surface area (Å²) in [6.07, 6.45) is 6.61. The summed E-state index contributed by atoms with van der Waals surface area (Å²) in [6.45, 7) is 1.56. The molecule has 146 valence electrons. The van der Waals surface area contributed by atoms with Crippen LogP contribution in [0.1, 0.15) is 44.6 Å². The third-order valence-corrected chi connectivity index (χ3v) is 6.97. The van der Waals surface area contributed by atoms with Gasteiger partial charge < -0.3 is 4.90 Å². The number of piperidine rings is 1. The molecule has 1 saturated heterocycles. The molecule has 0 radical (unpaired) electrons. The number of carbonyl (C=O) groups is 1. The van der Waals surface area contributed by atoms with Crippen molar-refractivity contribution >= 4 is 5.91 Å². The molecule has 0 N–H and O–H groups in total.